The van der Waals surface area contributed by atoms with Gasteiger partial charge in [-0.05, 0) is 58.7 Å². The SMILES string of the molecule is O=[C]([AlH2])c1cc([C](=O)[AlH2])cc(C(=O)c2cc([C](=O)[AlH2])cc([C](=O)[AlH2])c2)c1. The molecule has 2 rings (SSSR count). The molecular weight excluding hydrogens is 392 g/mol. The van der Waals surface area contributed by atoms with Crippen LogP contribution in [0.3, 0.4) is 0 Å². The van der Waals surface area contributed by atoms with Gasteiger partial charge >= 0.3 is 65.2 Å². The Balaban J connectivity index is 2.65. The Kier molecular flexibility index (Phi) is 7.13. The molecule has 0 atom stereocenters. The number of rotatable bonds is 6. The minimum atomic E-state index is -0.409. The van der Waals surface area contributed by atoms with Gasteiger partial charge in [-0.25, -0.2) is 0 Å². The molecule has 124 valence electrons. The van der Waals surface area contributed by atoms with Crippen LogP contribution in [0.4, 0.5) is 0 Å². The molecule has 0 saturated carbocycles. The van der Waals surface area contributed by atoms with Crippen LogP contribution in [0, 0.1) is 0 Å². The maximum atomic E-state index is 12.9. The Hall–Kier alpha value is -1.08. The van der Waals surface area contributed by atoms with E-state index in [2.05, 4.69) is 0 Å². The van der Waals surface area contributed by atoms with E-state index in [9.17, 15) is 24.0 Å². The highest BCUT2D eigenvalue weighted by molar-refractivity contribution is 6.64. The first kappa shape index (κ1) is 21.2. The average molecular weight is 406 g/mol. The second kappa shape index (κ2) is 8.74. The lowest BCUT2D eigenvalue weighted by molar-refractivity contribution is 0.103. The number of carbonyl (C=O) groups is 5. The summed E-state index contributed by atoms with van der Waals surface area (Å²) in [5, 5.41) is 0. The Morgan fingerprint density at radius 2 is 0.615 bits per heavy atom. The van der Waals surface area contributed by atoms with E-state index in [1.807, 2.05) is 0 Å². The highest BCUT2D eigenvalue weighted by atomic mass is 27.1. The van der Waals surface area contributed by atoms with Gasteiger partial charge in [-0.3, -0.25) is 4.79 Å². The smallest absolute Gasteiger partial charge is 0.317 e. The van der Waals surface area contributed by atoms with Gasteiger partial charge in [0.05, 0.1) is 18.6 Å². The molecule has 0 heterocycles. The minimum Gasteiger partial charge on any atom is -0.317 e. The van der Waals surface area contributed by atoms with Gasteiger partial charge in [0.1, 0.15) is 0 Å². The Labute approximate surface area is 182 Å². The fourth-order valence-electron chi connectivity index (χ4n) is 2.50. The van der Waals surface area contributed by atoms with E-state index in [0.717, 1.165) is 0 Å². The summed E-state index contributed by atoms with van der Waals surface area (Å²) in [6.07, 6.45) is 0. The summed E-state index contributed by atoms with van der Waals surface area (Å²) in [6.45, 7) is 0. The van der Waals surface area contributed by atoms with Crippen LogP contribution in [0.1, 0.15) is 57.4 Å². The van der Waals surface area contributed by atoms with Crippen molar-refractivity contribution in [3.8, 4) is 0 Å². The van der Waals surface area contributed by atoms with Crippen molar-refractivity contribution < 1.29 is 24.0 Å². The van der Waals surface area contributed by atoms with E-state index in [1.165, 1.54) is 36.4 Å². The molecule has 0 N–H and O–H groups in total. The fourth-order valence-corrected chi connectivity index (χ4v) is 3.65. The number of benzene rings is 2. The van der Waals surface area contributed by atoms with E-state index >= 15 is 0 Å². The van der Waals surface area contributed by atoms with Crippen molar-refractivity contribution in [2.45, 2.75) is 0 Å². The van der Waals surface area contributed by atoms with Crippen molar-refractivity contribution in [3.63, 3.8) is 0 Å². The second-order valence-corrected chi connectivity index (χ2v) is 9.78. The Morgan fingerprint density at radius 3 is 0.808 bits per heavy atom. The zero-order valence-corrected chi connectivity index (χ0v) is 23.0. The summed E-state index contributed by atoms with van der Waals surface area (Å²) < 4.78 is -0.434. The van der Waals surface area contributed by atoms with Crippen LogP contribution >= 0.6 is 0 Å². The van der Waals surface area contributed by atoms with Gasteiger partial charge in [0.25, 0.3) is 0 Å². The molecule has 0 aliphatic rings. The van der Waals surface area contributed by atoms with Crippen molar-refractivity contribution in [3.05, 3.63) is 69.8 Å². The van der Waals surface area contributed by atoms with Crippen molar-refractivity contribution in [1.82, 2.24) is 0 Å². The molecule has 9 heteroatoms. The van der Waals surface area contributed by atoms with Gasteiger partial charge in [0, 0.05) is 11.1 Å². The van der Waals surface area contributed by atoms with Gasteiger partial charge in [-0.1, -0.05) is 0 Å². The number of ketones is 1. The third-order valence-electron chi connectivity index (χ3n) is 4.02. The molecule has 0 aliphatic heterocycles. The topological polar surface area (TPSA) is 85.3 Å². The van der Waals surface area contributed by atoms with E-state index in [1.54, 1.807) is 0 Å². The van der Waals surface area contributed by atoms with Crippen LogP contribution < -0.4 is 0 Å². The molecule has 26 heavy (non-hydrogen) atoms. The highest BCUT2D eigenvalue weighted by Crippen LogP contribution is 2.18. The molecule has 0 radical (unpaired) electrons. The summed E-state index contributed by atoms with van der Waals surface area (Å²) in [5.74, 6) is -0.409. The van der Waals surface area contributed by atoms with E-state index in [0.29, 0.717) is 22.3 Å². The van der Waals surface area contributed by atoms with E-state index in [-0.39, 0.29) is 94.9 Å². The highest BCUT2D eigenvalue weighted by Gasteiger charge is 2.17. The van der Waals surface area contributed by atoms with Crippen LogP contribution in [-0.4, -0.2) is 89.5 Å². The summed E-state index contributed by atoms with van der Waals surface area (Å²) in [7, 11) is 0. The quantitative estimate of drug-likeness (QED) is 0.410. The number of carbonyl (C=O) groups excluding carboxylic acids is 5. The van der Waals surface area contributed by atoms with Crippen LogP contribution in [0.2, 0.25) is 0 Å². The van der Waals surface area contributed by atoms with Gasteiger partial charge in [0.2, 0.25) is 0 Å². The fraction of sp³-hybridized carbons (Fsp3) is 0. The molecule has 0 spiro atoms. The van der Waals surface area contributed by atoms with Crippen molar-refractivity contribution in [2.24, 2.45) is 0 Å². The second-order valence-electron chi connectivity index (χ2n) is 6.15. The molecule has 2 aromatic carbocycles. The number of hydrogen-bond acceptors (Lipinski definition) is 5. The Bertz CT molecular complexity index is 839. The van der Waals surface area contributed by atoms with E-state index in [4.69, 9.17) is 0 Å². The number of hydrogen-bond donors (Lipinski definition) is 0. The monoisotopic (exact) mass is 406 g/mol. The molecule has 0 aromatic heterocycles. The first-order valence-corrected chi connectivity index (χ1v) is 12.0. The van der Waals surface area contributed by atoms with Crippen molar-refractivity contribution in [2.75, 3.05) is 0 Å². The predicted octanol–water partition coefficient (Wildman–Crippen LogP) is -1.99. The van der Waals surface area contributed by atoms with Crippen LogP contribution in [-0.2, 0) is 0 Å². The maximum Gasteiger partial charge on any atom is 0.327 e. The zero-order valence-electron chi connectivity index (χ0n) is 15.0. The Morgan fingerprint density at radius 1 is 0.423 bits per heavy atom. The normalized spacial score (nSPS) is 10.2. The third kappa shape index (κ3) is 5.00. The van der Waals surface area contributed by atoms with Crippen LogP contribution in [0.15, 0.2) is 36.4 Å². The first-order valence-electron chi connectivity index (χ1n) is 7.98. The lowest BCUT2D eigenvalue weighted by atomic mass is 9.96. The lowest BCUT2D eigenvalue weighted by Gasteiger charge is -2.09. The molecule has 2 aromatic rings. The summed E-state index contributed by atoms with van der Waals surface area (Å²) in [5.41, 5.74) is 1.81. The van der Waals surface area contributed by atoms with Gasteiger partial charge in [-0.15, -0.1) is 0 Å². The van der Waals surface area contributed by atoms with E-state index < -0.39 is 5.78 Å². The third-order valence-corrected chi connectivity index (χ3v) is 6.33. The summed E-state index contributed by atoms with van der Waals surface area (Å²) in [4.78, 5) is 60.1. The molecule has 5 nitrogen and oxygen atoms in total. The maximum absolute atomic E-state index is 12.9. The van der Waals surface area contributed by atoms with Crippen LogP contribution in [0.5, 0.6) is 0 Å². The van der Waals surface area contributed by atoms with Gasteiger partial charge in [-0.2, -0.15) is 0 Å². The first-order chi connectivity index (χ1) is 12.1. The summed E-state index contributed by atoms with van der Waals surface area (Å²) >= 11 is 1.10. The molecule has 0 bridgehead atoms. The molecular formula is C17H14Al4O5. The zero-order chi connectivity index (χ0) is 19.6. The molecule has 0 fully saturated rings. The lowest BCUT2D eigenvalue weighted by Crippen LogP contribution is -2.11. The standard InChI is InChI=1S/C17H6O5.4Al.8H/c18-7-11-1-12(8-19)4-15(3-11)17(22)16-5-13(9-20)2-14(6-16)10-21;;;;;;;;;;;;/h1-6H;;;;;;;;;;;;. The van der Waals surface area contributed by atoms with Crippen molar-refractivity contribution >= 4 is 89.5 Å². The average Bonchev–Trinajstić information content (AvgIpc) is 2.59. The molecule has 0 saturated heterocycles. The molecule has 0 aliphatic carbocycles. The summed E-state index contributed by atoms with van der Waals surface area (Å²) in [6, 6.07) is 8.94. The van der Waals surface area contributed by atoms with Crippen molar-refractivity contribution in [1.29, 1.82) is 0 Å². The predicted molar refractivity (Wildman–Crippen MR) is 108 cm³/mol. The van der Waals surface area contributed by atoms with Gasteiger partial charge in [0.15, 0.2) is 5.78 Å². The van der Waals surface area contributed by atoms with Gasteiger partial charge < -0.3 is 19.2 Å². The molecule has 0 amide bonds. The largest absolute Gasteiger partial charge is 0.327 e. The molecule has 0 unspecified atom stereocenters. The van der Waals surface area contributed by atoms with Crippen LogP contribution in [0.25, 0.3) is 0 Å². The minimum absolute atomic E-state index is 0.109.